The van der Waals surface area contributed by atoms with Crippen molar-refractivity contribution in [1.82, 2.24) is 0 Å². The van der Waals surface area contributed by atoms with Crippen LogP contribution >= 0.6 is 15.9 Å². The number of hydrogen-bond acceptors (Lipinski definition) is 2. The fraction of sp³-hybridized carbons (Fsp3) is 0.294. The lowest BCUT2D eigenvalue weighted by atomic mass is 9.91. The molecule has 104 valence electrons. The van der Waals surface area contributed by atoms with E-state index in [0.29, 0.717) is 0 Å². The van der Waals surface area contributed by atoms with E-state index in [-0.39, 0.29) is 12.1 Å². The molecule has 2 aromatic rings. The summed E-state index contributed by atoms with van der Waals surface area (Å²) in [7, 11) is 0. The van der Waals surface area contributed by atoms with Gasteiger partial charge in [-0.15, -0.1) is 0 Å². The Bertz CT molecular complexity index is 626. The zero-order chi connectivity index (χ0) is 14.1. The van der Waals surface area contributed by atoms with E-state index in [2.05, 4.69) is 47.1 Å². The molecule has 2 aromatic carbocycles. The summed E-state index contributed by atoms with van der Waals surface area (Å²) in [6.07, 6.45) is 1.88. The zero-order valence-corrected chi connectivity index (χ0v) is 13.1. The van der Waals surface area contributed by atoms with Crippen LogP contribution in [0.2, 0.25) is 0 Å². The predicted molar refractivity (Wildman–Crippen MR) is 84.9 cm³/mol. The van der Waals surface area contributed by atoms with Crippen molar-refractivity contribution in [3.63, 3.8) is 0 Å². The molecular formula is C17H18BrNO. The molecule has 0 fully saturated rings. The maximum Gasteiger partial charge on any atom is 0.126 e. The summed E-state index contributed by atoms with van der Waals surface area (Å²) in [6, 6.07) is 14.6. The topological polar surface area (TPSA) is 35.2 Å². The van der Waals surface area contributed by atoms with Crippen molar-refractivity contribution in [1.29, 1.82) is 0 Å². The second-order valence-electron chi connectivity index (χ2n) is 5.18. The van der Waals surface area contributed by atoms with E-state index in [4.69, 9.17) is 10.5 Å². The van der Waals surface area contributed by atoms with Gasteiger partial charge in [-0.2, -0.15) is 0 Å². The highest BCUT2D eigenvalue weighted by Crippen LogP contribution is 2.41. The van der Waals surface area contributed by atoms with Gasteiger partial charge in [-0.1, -0.05) is 53.2 Å². The molecule has 20 heavy (non-hydrogen) atoms. The highest BCUT2D eigenvalue weighted by Gasteiger charge is 2.28. The van der Waals surface area contributed by atoms with Gasteiger partial charge < -0.3 is 10.5 Å². The van der Waals surface area contributed by atoms with Crippen LogP contribution in [0.1, 0.15) is 42.2 Å². The molecule has 1 unspecified atom stereocenters. The molecule has 1 aliphatic heterocycles. The minimum atomic E-state index is 0.0294. The molecule has 0 bridgehead atoms. The SMILES string of the molecule is CCc1ccccc1C1C[C@H](N)c2ccc(Br)cc2O1. The highest BCUT2D eigenvalue weighted by molar-refractivity contribution is 9.10. The lowest BCUT2D eigenvalue weighted by Gasteiger charge is -2.31. The van der Waals surface area contributed by atoms with Crippen LogP contribution in [-0.2, 0) is 6.42 Å². The van der Waals surface area contributed by atoms with E-state index in [0.717, 1.165) is 28.6 Å². The number of nitrogens with two attached hydrogens (primary N) is 1. The maximum atomic E-state index is 6.32. The zero-order valence-electron chi connectivity index (χ0n) is 11.5. The number of ether oxygens (including phenoxy) is 1. The van der Waals surface area contributed by atoms with Crippen molar-refractivity contribution in [3.05, 3.63) is 63.6 Å². The number of fused-ring (bicyclic) bond motifs is 1. The number of hydrogen-bond donors (Lipinski definition) is 1. The Morgan fingerprint density at radius 2 is 2.00 bits per heavy atom. The largest absolute Gasteiger partial charge is 0.485 e. The Kier molecular flexibility index (Phi) is 3.81. The van der Waals surface area contributed by atoms with Gasteiger partial charge in [0.25, 0.3) is 0 Å². The van der Waals surface area contributed by atoms with Crippen LogP contribution in [0.25, 0.3) is 0 Å². The Morgan fingerprint density at radius 3 is 2.80 bits per heavy atom. The van der Waals surface area contributed by atoms with Crippen LogP contribution in [0, 0.1) is 0 Å². The Balaban J connectivity index is 1.98. The first-order valence-corrected chi connectivity index (χ1v) is 7.78. The van der Waals surface area contributed by atoms with Crippen molar-refractivity contribution in [2.45, 2.75) is 31.9 Å². The van der Waals surface area contributed by atoms with Crippen molar-refractivity contribution in [2.75, 3.05) is 0 Å². The Labute approximate surface area is 128 Å². The summed E-state index contributed by atoms with van der Waals surface area (Å²) < 4.78 is 7.22. The molecule has 3 rings (SSSR count). The second kappa shape index (κ2) is 5.58. The molecule has 2 N–H and O–H groups in total. The average Bonchev–Trinajstić information content (AvgIpc) is 2.46. The van der Waals surface area contributed by atoms with E-state index in [1.54, 1.807) is 0 Å². The number of benzene rings is 2. The highest BCUT2D eigenvalue weighted by atomic mass is 79.9. The van der Waals surface area contributed by atoms with Gasteiger partial charge in [0, 0.05) is 22.5 Å². The molecule has 3 heteroatoms. The molecule has 2 nitrogen and oxygen atoms in total. The van der Waals surface area contributed by atoms with Gasteiger partial charge in [0.1, 0.15) is 11.9 Å². The summed E-state index contributed by atoms with van der Waals surface area (Å²) in [5.74, 6) is 0.897. The van der Waals surface area contributed by atoms with Gasteiger partial charge in [0.05, 0.1) is 0 Å². The van der Waals surface area contributed by atoms with Gasteiger partial charge in [-0.05, 0) is 29.7 Å². The molecule has 0 spiro atoms. The summed E-state index contributed by atoms with van der Waals surface area (Å²) in [4.78, 5) is 0. The Hall–Kier alpha value is -1.32. The number of aryl methyl sites for hydroxylation is 1. The van der Waals surface area contributed by atoms with Crippen LogP contribution in [0.3, 0.4) is 0 Å². The first kappa shape index (κ1) is 13.7. The van der Waals surface area contributed by atoms with Gasteiger partial charge in [-0.25, -0.2) is 0 Å². The third-order valence-electron chi connectivity index (χ3n) is 3.90. The van der Waals surface area contributed by atoms with E-state index in [1.165, 1.54) is 11.1 Å². The fourth-order valence-corrected chi connectivity index (χ4v) is 3.18. The fourth-order valence-electron chi connectivity index (χ4n) is 2.84. The quantitative estimate of drug-likeness (QED) is 0.877. The first-order valence-electron chi connectivity index (χ1n) is 6.98. The third kappa shape index (κ3) is 2.48. The van der Waals surface area contributed by atoms with Crippen molar-refractivity contribution in [2.24, 2.45) is 5.73 Å². The van der Waals surface area contributed by atoms with Crippen LogP contribution in [-0.4, -0.2) is 0 Å². The lowest BCUT2D eigenvalue weighted by Crippen LogP contribution is -2.24. The van der Waals surface area contributed by atoms with E-state index < -0.39 is 0 Å². The molecule has 2 atom stereocenters. The minimum absolute atomic E-state index is 0.0294. The minimum Gasteiger partial charge on any atom is -0.485 e. The molecule has 0 saturated heterocycles. The molecule has 0 radical (unpaired) electrons. The molecular weight excluding hydrogens is 314 g/mol. The molecule has 1 aliphatic rings. The van der Waals surface area contributed by atoms with Crippen LogP contribution in [0.15, 0.2) is 46.9 Å². The monoisotopic (exact) mass is 331 g/mol. The standard InChI is InChI=1S/C17H18BrNO/c1-2-11-5-3-4-6-13(11)17-10-15(19)14-8-7-12(18)9-16(14)20-17/h3-9,15,17H,2,10,19H2,1H3/t15-,17?/m0/s1. The van der Waals surface area contributed by atoms with Crippen LogP contribution < -0.4 is 10.5 Å². The van der Waals surface area contributed by atoms with Crippen molar-refractivity contribution < 1.29 is 4.74 Å². The summed E-state index contributed by atoms with van der Waals surface area (Å²) in [5.41, 5.74) is 10.0. The van der Waals surface area contributed by atoms with E-state index in [1.807, 2.05) is 18.2 Å². The maximum absolute atomic E-state index is 6.32. The van der Waals surface area contributed by atoms with Crippen molar-refractivity contribution in [3.8, 4) is 5.75 Å². The van der Waals surface area contributed by atoms with Gasteiger partial charge >= 0.3 is 0 Å². The molecule has 0 aliphatic carbocycles. The number of halogens is 1. The average molecular weight is 332 g/mol. The second-order valence-corrected chi connectivity index (χ2v) is 6.10. The summed E-state index contributed by atoms with van der Waals surface area (Å²) >= 11 is 3.49. The summed E-state index contributed by atoms with van der Waals surface area (Å²) in [5, 5.41) is 0. The molecule has 0 saturated carbocycles. The summed E-state index contributed by atoms with van der Waals surface area (Å²) in [6.45, 7) is 2.17. The van der Waals surface area contributed by atoms with E-state index in [9.17, 15) is 0 Å². The molecule has 0 aromatic heterocycles. The van der Waals surface area contributed by atoms with Gasteiger partial charge in [-0.3, -0.25) is 0 Å². The predicted octanol–water partition coefficient (Wildman–Crippen LogP) is 4.54. The third-order valence-corrected chi connectivity index (χ3v) is 4.39. The lowest BCUT2D eigenvalue weighted by molar-refractivity contribution is 0.160. The molecule has 1 heterocycles. The smallest absolute Gasteiger partial charge is 0.126 e. The molecule has 0 amide bonds. The van der Waals surface area contributed by atoms with Gasteiger partial charge in [0.2, 0.25) is 0 Å². The Morgan fingerprint density at radius 1 is 1.20 bits per heavy atom. The van der Waals surface area contributed by atoms with Gasteiger partial charge in [0.15, 0.2) is 0 Å². The van der Waals surface area contributed by atoms with Crippen molar-refractivity contribution >= 4 is 15.9 Å². The number of rotatable bonds is 2. The van der Waals surface area contributed by atoms with Crippen LogP contribution in [0.5, 0.6) is 5.75 Å². The van der Waals surface area contributed by atoms with Crippen LogP contribution in [0.4, 0.5) is 0 Å². The normalized spacial score (nSPS) is 21.1. The van der Waals surface area contributed by atoms with E-state index >= 15 is 0 Å². The first-order chi connectivity index (χ1) is 9.69.